The minimum atomic E-state index is -0.183. The van der Waals surface area contributed by atoms with Crippen molar-refractivity contribution in [3.05, 3.63) is 34.7 Å². The van der Waals surface area contributed by atoms with E-state index in [1.54, 1.807) is 11.6 Å². The Bertz CT molecular complexity index is 733. The van der Waals surface area contributed by atoms with Crippen LogP contribution in [0.3, 0.4) is 0 Å². The number of amides is 1. The topological polar surface area (TPSA) is 82.0 Å². The molecular weight excluding hydrogens is 304 g/mol. The van der Waals surface area contributed by atoms with Crippen molar-refractivity contribution < 1.29 is 4.79 Å². The van der Waals surface area contributed by atoms with E-state index in [0.29, 0.717) is 12.5 Å². The van der Waals surface area contributed by atoms with Crippen molar-refractivity contribution in [2.24, 2.45) is 18.7 Å². The van der Waals surface area contributed by atoms with E-state index in [9.17, 15) is 9.59 Å². The number of halogens is 1. The Labute approximate surface area is 134 Å². The van der Waals surface area contributed by atoms with Gasteiger partial charge in [0.25, 0.3) is 0 Å². The molecule has 0 radical (unpaired) electrons. The van der Waals surface area contributed by atoms with E-state index in [2.05, 4.69) is 5.32 Å². The number of carbonyl (C=O) groups excluding carboxylic acids is 1. The highest BCUT2D eigenvalue weighted by molar-refractivity contribution is 5.85. The number of para-hydroxylation sites is 2. The van der Waals surface area contributed by atoms with Crippen molar-refractivity contribution in [1.29, 1.82) is 0 Å². The van der Waals surface area contributed by atoms with Crippen LogP contribution in [0.5, 0.6) is 0 Å². The molecule has 0 aliphatic heterocycles. The van der Waals surface area contributed by atoms with E-state index in [1.165, 1.54) is 4.57 Å². The maximum absolute atomic E-state index is 12.2. The van der Waals surface area contributed by atoms with Crippen LogP contribution in [0.2, 0.25) is 0 Å². The minimum Gasteiger partial charge on any atom is -0.353 e. The molecule has 3 rings (SSSR count). The maximum Gasteiger partial charge on any atom is 0.329 e. The number of aromatic nitrogens is 2. The Morgan fingerprint density at radius 1 is 1.36 bits per heavy atom. The van der Waals surface area contributed by atoms with Gasteiger partial charge in [0, 0.05) is 19.6 Å². The highest BCUT2D eigenvalue weighted by Crippen LogP contribution is 2.31. The van der Waals surface area contributed by atoms with Crippen molar-refractivity contribution in [1.82, 2.24) is 14.5 Å². The molecule has 1 heterocycles. The third-order valence-corrected chi connectivity index (χ3v) is 4.12. The molecule has 1 atom stereocenters. The first-order valence-electron chi connectivity index (χ1n) is 7.24. The number of aryl methyl sites for hydroxylation is 1. The van der Waals surface area contributed by atoms with E-state index in [-0.39, 0.29) is 36.6 Å². The van der Waals surface area contributed by atoms with Crippen LogP contribution in [0.4, 0.5) is 0 Å². The van der Waals surface area contributed by atoms with Crippen molar-refractivity contribution in [3.63, 3.8) is 0 Å². The molecule has 1 amide bonds. The molecule has 1 aliphatic carbocycles. The summed E-state index contributed by atoms with van der Waals surface area (Å²) in [5.74, 6) is 0.370. The van der Waals surface area contributed by atoms with Gasteiger partial charge in [-0.25, -0.2) is 4.79 Å². The monoisotopic (exact) mass is 324 g/mol. The molecule has 22 heavy (non-hydrogen) atoms. The smallest absolute Gasteiger partial charge is 0.329 e. The van der Waals surface area contributed by atoms with Crippen molar-refractivity contribution in [2.75, 3.05) is 6.54 Å². The van der Waals surface area contributed by atoms with Gasteiger partial charge in [-0.05, 0) is 30.9 Å². The standard InChI is InChI=1S/C15H20N4O2.ClH/c1-18-12-4-2-3-5-13(12)19(15(18)21)9-14(20)17-8-11(16)10-6-7-10;/h2-5,10-11H,6-9,16H2,1H3,(H,17,20);1H. The maximum atomic E-state index is 12.2. The van der Waals surface area contributed by atoms with Crippen LogP contribution >= 0.6 is 12.4 Å². The lowest BCUT2D eigenvalue weighted by Gasteiger charge is -2.11. The third kappa shape index (κ3) is 3.18. The number of hydrogen-bond donors (Lipinski definition) is 2. The van der Waals surface area contributed by atoms with Gasteiger partial charge < -0.3 is 11.1 Å². The van der Waals surface area contributed by atoms with E-state index >= 15 is 0 Å². The molecule has 0 saturated heterocycles. The molecule has 1 aliphatic rings. The van der Waals surface area contributed by atoms with Crippen LogP contribution in [0.25, 0.3) is 11.0 Å². The molecule has 1 aromatic heterocycles. The Balaban J connectivity index is 0.00000176. The van der Waals surface area contributed by atoms with Gasteiger partial charge in [0.1, 0.15) is 6.54 Å². The largest absolute Gasteiger partial charge is 0.353 e. The van der Waals surface area contributed by atoms with Crippen LogP contribution in [0.15, 0.2) is 29.1 Å². The quantitative estimate of drug-likeness (QED) is 0.845. The molecule has 6 nitrogen and oxygen atoms in total. The summed E-state index contributed by atoms with van der Waals surface area (Å²) in [6.45, 7) is 0.501. The summed E-state index contributed by atoms with van der Waals surface area (Å²) in [7, 11) is 1.71. The number of imidazole rings is 1. The normalized spacial score (nSPS) is 15.4. The van der Waals surface area contributed by atoms with Gasteiger partial charge in [-0.2, -0.15) is 0 Å². The molecule has 1 aromatic carbocycles. The fourth-order valence-corrected chi connectivity index (χ4v) is 2.64. The van der Waals surface area contributed by atoms with Crippen LogP contribution in [-0.2, 0) is 18.4 Å². The van der Waals surface area contributed by atoms with Gasteiger partial charge in [-0.1, -0.05) is 12.1 Å². The first-order chi connectivity index (χ1) is 10.1. The van der Waals surface area contributed by atoms with E-state index in [0.717, 1.165) is 23.9 Å². The number of fused-ring (bicyclic) bond motifs is 1. The van der Waals surface area contributed by atoms with Gasteiger partial charge in [0.15, 0.2) is 0 Å². The predicted molar refractivity (Wildman–Crippen MR) is 88.1 cm³/mol. The van der Waals surface area contributed by atoms with Crippen LogP contribution < -0.4 is 16.7 Å². The lowest BCUT2D eigenvalue weighted by Crippen LogP contribution is -2.41. The van der Waals surface area contributed by atoms with E-state index < -0.39 is 0 Å². The fourth-order valence-electron chi connectivity index (χ4n) is 2.64. The van der Waals surface area contributed by atoms with Crippen LogP contribution in [-0.4, -0.2) is 27.6 Å². The number of carbonyl (C=O) groups is 1. The number of rotatable bonds is 5. The van der Waals surface area contributed by atoms with Gasteiger partial charge in [0.05, 0.1) is 11.0 Å². The summed E-state index contributed by atoms with van der Waals surface area (Å²) < 4.78 is 3.05. The highest BCUT2D eigenvalue weighted by Gasteiger charge is 2.28. The number of nitrogens with zero attached hydrogens (tertiary/aromatic N) is 2. The van der Waals surface area contributed by atoms with E-state index in [1.807, 2.05) is 24.3 Å². The number of nitrogens with two attached hydrogens (primary N) is 1. The SMILES string of the molecule is Cl.Cn1c(=O)n(CC(=O)NCC(N)C2CC2)c2ccccc21. The van der Waals surface area contributed by atoms with Crippen LogP contribution in [0, 0.1) is 5.92 Å². The summed E-state index contributed by atoms with van der Waals surface area (Å²) in [5, 5.41) is 2.82. The zero-order chi connectivity index (χ0) is 15.0. The number of nitrogens with one attached hydrogen (secondary N) is 1. The van der Waals surface area contributed by atoms with Crippen molar-refractivity contribution >= 4 is 29.3 Å². The Hall–Kier alpha value is -1.79. The second kappa shape index (κ2) is 6.54. The summed E-state index contributed by atoms with van der Waals surface area (Å²) in [5.41, 5.74) is 7.37. The van der Waals surface area contributed by atoms with Gasteiger partial charge in [-0.3, -0.25) is 13.9 Å². The summed E-state index contributed by atoms with van der Waals surface area (Å²) in [4.78, 5) is 24.2. The van der Waals surface area contributed by atoms with Crippen molar-refractivity contribution in [2.45, 2.75) is 25.4 Å². The molecule has 120 valence electrons. The minimum absolute atomic E-state index is 0. The predicted octanol–water partition coefficient (Wildman–Crippen LogP) is 0.615. The average molecular weight is 325 g/mol. The summed E-state index contributed by atoms with van der Waals surface area (Å²) >= 11 is 0. The number of benzene rings is 1. The van der Waals surface area contributed by atoms with Gasteiger partial charge >= 0.3 is 5.69 Å². The zero-order valence-corrected chi connectivity index (χ0v) is 13.3. The summed E-state index contributed by atoms with van der Waals surface area (Å²) in [6.07, 6.45) is 2.31. The molecule has 2 aromatic rings. The lowest BCUT2D eigenvalue weighted by molar-refractivity contribution is -0.121. The highest BCUT2D eigenvalue weighted by atomic mass is 35.5. The zero-order valence-electron chi connectivity index (χ0n) is 12.5. The Morgan fingerprint density at radius 2 is 2.00 bits per heavy atom. The van der Waals surface area contributed by atoms with E-state index in [4.69, 9.17) is 5.73 Å². The second-order valence-corrected chi connectivity index (χ2v) is 5.72. The molecule has 1 saturated carbocycles. The Kier molecular flexibility index (Phi) is 4.93. The fraction of sp³-hybridized carbons (Fsp3) is 0.467. The molecular formula is C15H21ClN4O2. The van der Waals surface area contributed by atoms with Crippen LogP contribution in [0.1, 0.15) is 12.8 Å². The first kappa shape index (κ1) is 16.6. The molecule has 1 unspecified atom stereocenters. The summed E-state index contributed by atoms with van der Waals surface area (Å²) in [6, 6.07) is 7.48. The van der Waals surface area contributed by atoms with Gasteiger partial charge in [-0.15, -0.1) is 12.4 Å². The van der Waals surface area contributed by atoms with Gasteiger partial charge in [0.2, 0.25) is 5.91 Å². The second-order valence-electron chi connectivity index (χ2n) is 5.72. The molecule has 3 N–H and O–H groups in total. The number of hydrogen-bond acceptors (Lipinski definition) is 3. The molecule has 1 fully saturated rings. The molecule has 0 spiro atoms. The molecule has 0 bridgehead atoms. The lowest BCUT2D eigenvalue weighted by atomic mass is 10.2. The average Bonchev–Trinajstić information content (AvgIpc) is 3.30. The third-order valence-electron chi connectivity index (χ3n) is 4.12. The first-order valence-corrected chi connectivity index (χ1v) is 7.24. The molecule has 7 heteroatoms. The Morgan fingerprint density at radius 3 is 2.64 bits per heavy atom. The van der Waals surface area contributed by atoms with Crippen molar-refractivity contribution in [3.8, 4) is 0 Å².